The Morgan fingerprint density at radius 1 is 1.13 bits per heavy atom. The number of carbonyl (C=O) groups is 1. The van der Waals surface area contributed by atoms with Crippen molar-refractivity contribution < 1.29 is 9.53 Å². The molecule has 1 aliphatic heterocycles. The molecule has 1 amide bonds. The summed E-state index contributed by atoms with van der Waals surface area (Å²) in [6, 6.07) is 10.5. The van der Waals surface area contributed by atoms with Gasteiger partial charge in [0.2, 0.25) is 0 Å². The molecule has 0 unspecified atom stereocenters. The normalized spacial score (nSPS) is 14.3. The molecule has 0 radical (unpaired) electrons. The number of piperazine rings is 1. The molecule has 2 aromatic heterocycles. The molecular formula is C22H27N5O2S. The summed E-state index contributed by atoms with van der Waals surface area (Å²) in [7, 11) is 1.66. The lowest BCUT2D eigenvalue weighted by Crippen LogP contribution is -2.46. The number of anilines is 2. The van der Waals surface area contributed by atoms with E-state index in [9.17, 15) is 4.79 Å². The Bertz CT molecular complexity index is 999. The average molecular weight is 426 g/mol. The Balaban J connectivity index is 1.51. The van der Waals surface area contributed by atoms with Gasteiger partial charge in [-0.15, -0.1) is 11.3 Å². The number of amides is 1. The fourth-order valence-electron chi connectivity index (χ4n) is 3.82. The molecule has 1 aromatic carbocycles. The first kappa shape index (κ1) is 20.6. The number of ether oxygens (including phenoxy) is 1. The van der Waals surface area contributed by atoms with Crippen LogP contribution in [0, 0.1) is 6.92 Å². The maximum absolute atomic E-state index is 12.7. The number of para-hydroxylation sites is 1. The molecule has 0 atom stereocenters. The van der Waals surface area contributed by atoms with Crippen molar-refractivity contribution in [1.82, 2.24) is 15.3 Å². The minimum absolute atomic E-state index is 0.0496. The fraction of sp³-hybridized carbons (Fsp3) is 0.409. The summed E-state index contributed by atoms with van der Waals surface area (Å²) in [6.45, 7) is 6.87. The standard InChI is InChI=1S/C22H27N5O2S/c1-16-18-20(27-12-10-26(11-13-27)17-7-4-3-5-8-17)24-15-25-22(18)30-19(16)21(28)23-9-6-14-29-2/h3-5,7-8,15H,6,9-14H2,1-2H3,(H,23,28). The van der Waals surface area contributed by atoms with Crippen LogP contribution in [0.2, 0.25) is 0 Å². The van der Waals surface area contributed by atoms with Crippen LogP contribution in [-0.4, -0.2) is 62.3 Å². The van der Waals surface area contributed by atoms with Crippen molar-refractivity contribution >= 4 is 39.0 Å². The largest absolute Gasteiger partial charge is 0.385 e. The summed E-state index contributed by atoms with van der Waals surface area (Å²) in [5, 5.41) is 3.98. The summed E-state index contributed by atoms with van der Waals surface area (Å²) < 4.78 is 5.04. The highest BCUT2D eigenvalue weighted by molar-refractivity contribution is 7.20. The van der Waals surface area contributed by atoms with E-state index in [1.165, 1.54) is 17.0 Å². The number of thiophene rings is 1. The summed E-state index contributed by atoms with van der Waals surface area (Å²) >= 11 is 1.44. The molecule has 0 aliphatic carbocycles. The quantitative estimate of drug-likeness (QED) is 0.587. The van der Waals surface area contributed by atoms with Crippen LogP contribution in [0.3, 0.4) is 0 Å². The summed E-state index contributed by atoms with van der Waals surface area (Å²) in [6.07, 6.45) is 2.40. The molecule has 1 fully saturated rings. The van der Waals surface area contributed by atoms with E-state index in [-0.39, 0.29) is 5.91 Å². The maximum atomic E-state index is 12.7. The van der Waals surface area contributed by atoms with Crippen LogP contribution in [-0.2, 0) is 4.74 Å². The van der Waals surface area contributed by atoms with Gasteiger partial charge in [-0.3, -0.25) is 4.79 Å². The number of hydrogen-bond donors (Lipinski definition) is 1. The number of nitrogens with zero attached hydrogens (tertiary/aromatic N) is 4. The van der Waals surface area contributed by atoms with Crippen molar-refractivity contribution in [2.75, 3.05) is 56.2 Å². The van der Waals surface area contributed by atoms with E-state index >= 15 is 0 Å². The van der Waals surface area contributed by atoms with Crippen molar-refractivity contribution in [2.45, 2.75) is 13.3 Å². The second-order valence-electron chi connectivity index (χ2n) is 7.35. The van der Waals surface area contributed by atoms with Gasteiger partial charge in [-0.1, -0.05) is 18.2 Å². The number of hydrogen-bond acceptors (Lipinski definition) is 7. The Morgan fingerprint density at radius 2 is 1.87 bits per heavy atom. The molecule has 1 saturated heterocycles. The van der Waals surface area contributed by atoms with Crippen LogP contribution in [0.1, 0.15) is 21.7 Å². The Kier molecular flexibility index (Phi) is 6.44. The third kappa shape index (κ3) is 4.24. The lowest BCUT2D eigenvalue weighted by atomic mass is 10.1. The zero-order valence-electron chi connectivity index (χ0n) is 17.4. The van der Waals surface area contributed by atoms with Gasteiger partial charge in [-0.05, 0) is 31.0 Å². The molecule has 158 valence electrons. The molecule has 1 aliphatic rings. The molecule has 3 aromatic rings. The van der Waals surface area contributed by atoms with Gasteiger partial charge in [0.05, 0.1) is 10.3 Å². The second kappa shape index (κ2) is 9.40. The van der Waals surface area contributed by atoms with Gasteiger partial charge >= 0.3 is 0 Å². The Labute approximate surface area is 180 Å². The summed E-state index contributed by atoms with van der Waals surface area (Å²) in [4.78, 5) is 28.0. The van der Waals surface area contributed by atoms with E-state index < -0.39 is 0 Å². The molecule has 1 N–H and O–H groups in total. The Hall–Kier alpha value is -2.71. The lowest BCUT2D eigenvalue weighted by molar-refractivity contribution is 0.0952. The topological polar surface area (TPSA) is 70.6 Å². The number of benzene rings is 1. The molecule has 0 spiro atoms. The van der Waals surface area contributed by atoms with Crippen molar-refractivity contribution in [3.8, 4) is 0 Å². The number of nitrogens with one attached hydrogen (secondary N) is 1. The summed E-state index contributed by atoms with van der Waals surface area (Å²) in [5.74, 6) is 0.881. The molecule has 8 heteroatoms. The first-order valence-corrected chi connectivity index (χ1v) is 11.1. The number of aromatic nitrogens is 2. The number of carbonyl (C=O) groups excluding carboxylic acids is 1. The van der Waals surface area contributed by atoms with Gasteiger partial charge in [0.15, 0.2) is 0 Å². The van der Waals surface area contributed by atoms with Crippen LogP contribution in [0.4, 0.5) is 11.5 Å². The molecule has 7 nitrogen and oxygen atoms in total. The van der Waals surface area contributed by atoms with Crippen molar-refractivity contribution in [1.29, 1.82) is 0 Å². The van der Waals surface area contributed by atoms with E-state index in [4.69, 9.17) is 4.74 Å². The monoisotopic (exact) mass is 425 g/mol. The van der Waals surface area contributed by atoms with Crippen LogP contribution in [0.25, 0.3) is 10.2 Å². The predicted octanol–water partition coefficient (Wildman–Crippen LogP) is 3.09. The van der Waals surface area contributed by atoms with Crippen LogP contribution in [0.5, 0.6) is 0 Å². The zero-order valence-corrected chi connectivity index (χ0v) is 18.2. The van der Waals surface area contributed by atoms with E-state index in [1.807, 2.05) is 13.0 Å². The van der Waals surface area contributed by atoms with E-state index in [0.29, 0.717) is 18.0 Å². The number of aryl methyl sites for hydroxylation is 1. The van der Waals surface area contributed by atoms with Gasteiger partial charge in [-0.2, -0.15) is 0 Å². The van der Waals surface area contributed by atoms with Crippen molar-refractivity contribution in [2.24, 2.45) is 0 Å². The van der Waals surface area contributed by atoms with Crippen LogP contribution in [0.15, 0.2) is 36.7 Å². The predicted molar refractivity (Wildman–Crippen MR) is 122 cm³/mol. The first-order valence-electron chi connectivity index (χ1n) is 10.2. The SMILES string of the molecule is COCCCNC(=O)c1sc2ncnc(N3CCN(c4ccccc4)CC3)c2c1C. The minimum atomic E-state index is -0.0496. The molecule has 0 bridgehead atoms. The van der Waals surface area contributed by atoms with E-state index in [0.717, 1.165) is 54.2 Å². The third-order valence-electron chi connectivity index (χ3n) is 5.42. The first-order chi connectivity index (χ1) is 14.7. The zero-order chi connectivity index (χ0) is 20.9. The van der Waals surface area contributed by atoms with Gasteiger partial charge in [0.25, 0.3) is 5.91 Å². The highest BCUT2D eigenvalue weighted by Crippen LogP contribution is 2.35. The maximum Gasteiger partial charge on any atom is 0.261 e. The summed E-state index contributed by atoms with van der Waals surface area (Å²) in [5.41, 5.74) is 2.21. The van der Waals surface area contributed by atoms with Crippen molar-refractivity contribution in [3.05, 3.63) is 47.1 Å². The van der Waals surface area contributed by atoms with Crippen LogP contribution >= 0.6 is 11.3 Å². The third-order valence-corrected chi connectivity index (χ3v) is 6.62. The molecule has 0 saturated carbocycles. The van der Waals surface area contributed by atoms with Gasteiger partial charge < -0.3 is 19.9 Å². The van der Waals surface area contributed by atoms with Crippen molar-refractivity contribution in [3.63, 3.8) is 0 Å². The van der Waals surface area contributed by atoms with Gasteiger partial charge in [0, 0.05) is 52.1 Å². The van der Waals surface area contributed by atoms with Gasteiger partial charge in [-0.25, -0.2) is 9.97 Å². The fourth-order valence-corrected chi connectivity index (χ4v) is 4.88. The molecular weight excluding hydrogens is 398 g/mol. The molecule has 3 heterocycles. The highest BCUT2D eigenvalue weighted by atomic mass is 32.1. The van der Waals surface area contributed by atoms with Crippen LogP contribution < -0.4 is 15.1 Å². The highest BCUT2D eigenvalue weighted by Gasteiger charge is 2.24. The number of rotatable bonds is 7. The molecule has 4 rings (SSSR count). The van der Waals surface area contributed by atoms with Gasteiger partial charge in [0.1, 0.15) is 17.0 Å². The van der Waals surface area contributed by atoms with E-state index in [2.05, 4.69) is 49.4 Å². The average Bonchev–Trinajstić information content (AvgIpc) is 3.14. The van der Waals surface area contributed by atoms with E-state index in [1.54, 1.807) is 13.4 Å². The molecule has 30 heavy (non-hydrogen) atoms. The number of fused-ring (bicyclic) bond motifs is 1. The minimum Gasteiger partial charge on any atom is -0.385 e. The smallest absolute Gasteiger partial charge is 0.261 e. The lowest BCUT2D eigenvalue weighted by Gasteiger charge is -2.37. The second-order valence-corrected chi connectivity index (χ2v) is 8.34. The number of methoxy groups -OCH3 is 1. The Morgan fingerprint density at radius 3 is 2.60 bits per heavy atom.